The molecule has 5 heteroatoms. The third kappa shape index (κ3) is 3.74. The largest absolute Gasteiger partial charge is 0.326 e. The van der Waals surface area contributed by atoms with Crippen LogP contribution in [0.4, 0.5) is 0 Å². The van der Waals surface area contributed by atoms with Crippen LogP contribution in [0.25, 0.3) is 0 Å². The summed E-state index contributed by atoms with van der Waals surface area (Å²) in [5, 5.41) is 0. The van der Waals surface area contributed by atoms with Crippen molar-refractivity contribution in [2.75, 3.05) is 19.8 Å². The monoisotopic (exact) mass is 234 g/mol. The Labute approximate surface area is 92.9 Å². The number of sulfonamides is 1. The van der Waals surface area contributed by atoms with Gasteiger partial charge in [0.25, 0.3) is 0 Å². The Morgan fingerprint density at radius 2 is 1.80 bits per heavy atom. The summed E-state index contributed by atoms with van der Waals surface area (Å²) in [5.41, 5.74) is 5.97. The molecule has 1 fully saturated rings. The van der Waals surface area contributed by atoms with Gasteiger partial charge in [-0.25, -0.2) is 12.7 Å². The fourth-order valence-electron chi connectivity index (χ4n) is 2.09. The molecule has 0 amide bonds. The highest BCUT2D eigenvalue weighted by Crippen LogP contribution is 2.26. The summed E-state index contributed by atoms with van der Waals surface area (Å²) in [6, 6.07) is -0.197. The molecular weight excluding hydrogens is 212 g/mol. The zero-order valence-electron chi connectivity index (χ0n) is 9.65. The van der Waals surface area contributed by atoms with E-state index in [1.54, 1.807) is 14.1 Å². The SMILES string of the molecule is CN(C)S(=O)(=O)CC(N)C1CCCCC1. The second-order valence-corrected chi connectivity index (χ2v) is 6.85. The molecule has 2 N–H and O–H groups in total. The summed E-state index contributed by atoms with van der Waals surface area (Å²) < 4.78 is 24.5. The zero-order chi connectivity index (χ0) is 11.5. The van der Waals surface area contributed by atoms with Gasteiger partial charge >= 0.3 is 0 Å². The van der Waals surface area contributed by atoms with Gasteiger partial charge in [0.05, 0.1) is 5.75 Å². The first-order chi connectivity index (χ1) is 6.93. The van der Waals surface area contributed by atoms with Crippen LogP contribution in [0, 0.1) is 5.92 Å². The molecule has 0 heterocycles. The molecule has 1 aliphatic rings. The lowest BCUT2D eigenvalue weighted by molar-refractivity contribution is 0.315. The molecule has 15 heavy (non-hydrogen) atoms. The fourth-order valence-corrected chi connectivity index (χ4v) is 3.15. The zero-order valence-corrected chi connectivity index (χ0v) is 10.5. The lowest BCUT2D eigenvalue weighted by atomic mass is 9.85. The van der Waals surface area contributed by atoms with Crippen LogP contribution in [-0.4, -0.2) is 38.6 Å². The molecule has 0 radical (unpaired) electrons. The number of hydrogen-bond acceptors (Lipinski definition) is 3. The van der Waals surface area contributed by atoms with E-state index in [1.807, 2.05) is 0 Å². The van der Waals surface area contributed by atoms with E-state index in [0.717, 1.165) is 12.8 Å². The third-order valence-electron chi connectivity index (χ3n) is 3.21. The van der Waals surface area contributed by atoms with Crippen molar-refractivity contribution < 1.29 is 8.42 Å². The van der Waals surface area contributed by atoms with E-state index in [0.29, 0.717) is 5.92 Å². The van der Waals surface area contributed by atoms with Crippen LogP contribution in [0.5, 0.6) is 0 Å². The van der Waals surface area contributed by atoms with Gasteiger partial charge in [0.1, 0.15) is 0 Å². The summed E-state index contributed by atoms with van der Waals surface area (Å²) in [6.45, 7) is 0. The molecule has 1 rings (SSSR count). The first kappa shape index (κ1) is 12.9. The number of hydrogen-bond donors (Lipinski definition) is 1. The molecule has 90 valence electrons. The van der Waals surface area contributed by atoms with E-state index >= 15 is 0 Å². The van der Waals surface area contributed by atoms with Crippen LogP contribution in [0.1, 0.15) is 32.1 Å². The van der Waals surface area contributed by atoms with Crippen molar-refractivity contribution in [3.63, 3.8) is 0 Å². The quantitative estimate of drug-likeness (QED) is 0.782. The van der Waals surface area contributed by atoms with Crippen LogP contribution in [-0.2, 0) is 10.0 Å². The molecule has 1 atom stereocenters. The molecule has 4 nitrogen and oxygen atoms in total. The van der Waals surface area contributed by atoms with Crippen molar-refractivity contribution in [3.05, 3.63) is 0 Å². The van der Waals surface area contributed by atoms with Gasteiger partial charge in [0.2, 0.25) is 10.0 Å². The van der Waals surface area contributed by atoms with E-state index in [4.69, 9.17) is 5.73 Å². The summed E-state index contributed by atoms with van der Waals surface area (Å²) >= 11 is 0. The second-order valence-electron chi connectivity index (χ2n) is 4.62. The second kappa shape index (κ2) is 5.27. The molecule has 1 unspecified atom stereocenters. The van der Waals surface area contributed by atoms with Crippen molar-refractivity contribution in [1.29, 1.82) is 0 Å². The van der Waals surface area contributed by atoms with E-state index in [-0.39, 0.29) is 11.8 Å². The number of rotatable bonds is 4. The molecule has 1 saturated carbocycles. The van der Waals surface area contributed by atoms with Gasteiger partial charge in [-0.2, -0.15) is 0 Å². The summed E-state index contributed by atoms with van der Waals surface area (Å²) in [6.07, 6.45) is 5.83. The lowest BCUT2D eigenvalue weighted by Crippen LogP contribution is -2.41. The molecule has 0 aromatic heterocycles. The predicted molar refractivity (Wildman–Crippen MR) is 62.0 cm³/mol. The van der Waals surface area contributed by atoms with Crippen LogP contribution in [0.3, 0.4) is 0 Å². The standard InChI is InChI=1S/C10H22N2O2S/c1-12(2)15(13,14)8-10(11)9-6-4-3-5-7-9/h9-10H,3-8,11H2,1-2H3. The van der Waals surface area contributed by atoms with Gasteiger partial charge in [0, 0.05) is 20.1 Å². The average molecular weight is 234 g/mol. The van der Waals surface area contributed by atoms with Gasteiger partial charge in [-0.1, -0.05) is 19.3 Å². The third-order valence-corrected chi connectivity index (χ3v) is 5.13. The van der Waals surface area contributed by atoms with Crippen LogP contribution >= 0.6 is 0 Å². The maximum absolute atomic E-state index is 11.6. The van der Waals surface area contributed by atoms with Gasteiger partial charge < -0.3 is 5.73 Å². The van der Waals surface area contributed by atoms with E-state index < -0.39 is 10.0 Å². The van der Waals surface area contributed by atoms with Crippen LogP contribution < -0.4 is 5.73 Å². The first-order valence-electron chi connectivity index (χ1n) is 5.59. The van der Waals surface area contributed by atoms with Gasteiger partial charge in [0.15, 0.2) is 0 Å². The Balaban J connectivity index is 2.50. The highest BCUT2D eigenvalue weighted by molar-refractivity contribution is 7.89. The first-order valence-corrected chi connectivity index (χ1v) is 7.20. The van der Waals surface area contributed by atoms with Crippen molar-refractivity contribution in [3.8, 4) is 0 Å². The molecule has 0 aromatic carbocycles. The molecule has 0 saturated heterocycles. The number of nitrogens with zero attached hydrogens (tertiary/aromatic N) is 1. The Morgan fingerprint density at radius 3 is 2.27 bits per heavy atom. The highest BCUT2D eigenvalue weighted by Gasteiger charge is 2.26. The minimum Gasteiger partial charge on any atom is -0.326 e. The minimum absolute atomic E-state index is 0.0880. The summed E-state index contributed by atoms with van der Waals surface area (Å²) in [4.78, 5) is 0. The van der Waals surface area contributed by atoms with E-state index in [9.17, 15) is 8.42 Å². The fraction of sp³-hybridized carbons (Fsp3) is 1.00. The van der Waals surface area contributed by atoms with Crippen molar-refractivity contribution in [2.24, 2.45) is 11.7 Å². The average Bonchev–Trinajstić information content (AvgIpc) is 2.18. The number of nitrogens with two attached hydrogens (primary N) is 1. The molecule has 0 bridgehead atoms. The molecule has 0 spiro atoms. The van der Waals surface area contributed by atoms with Gasteiger partial charge in [-0.15, -0.1) is 0 Å². The van der Waals surface area contributed by atoms with E-state index in [1.165, 1.54) is 23.6 Å². The Hall–Kier alpha value is -0.130. The predicted octanol–water partition coefficient (Wildman–Crippen LogP) is 0.785. The van der Waals surface area contributed by atoms with Crippen LogP contribution in [0.15, 0.2) is 0 Å². The van der Waals surface area contributed by atoms with Crippen LogP contribution in [0.2, 0.25) is 0 Å². The highest BCUT2D eigenvalue weighted by atomic mass is 32.2. The summed E-state index contributed by atoms with van der Waals surface area (Å²) in [5.74, 6) is 0.485. The maximum atomic E-state index is 11.6. The maximum Gasteiger partial charge on any atom is 0.215 e. The van der Waals surface area contributed by atoms with Gasteiger partial charge in [-0.3, -0.25) is 0 Å². The Morgan fingerprint density at radius 1 is 1.27 bits per heavy atom. The Bertz CT molecular complexity index is 282. The minimum atomic E-state index is -3.14. The topological polar surface area (TPSA) is 63.4 Å². The van der Waals surface area contributed by atoms with Gasteiger partial charge in [-0.05, 0) is 18.8 Å². The molecule has 1 aliphatic carbocycles. The van der Waals surface area contributed by atoms with Crippen molar-refractivity contribution in [1.82, 2.24) is 4.31 Å². The smallest absolute Gasteiger partial charge is 0.215 e. The summed E-state index contributed by atoms with van der Waals surface area (Å²) in [7, 11) is -0.0215. The molecule has 0 aromatic rings. The normalized spacial score (nSPS) is 21.9. The van der Waals surface area contributed by atoms with Crippen molar-refractivity contribution >= 4 is 10.0 Å². The lowest BCUT2D eigenvalue weighted by Gasteiger charge is -2.28. The van der Waals surface area contributed by atoms with E-state index in [2.05, 4.69) is 0 Å². The Kier molecular flexibility index (Phi) is 4.55. The molecular formula is C10H22N2O2S. The van der Waals surface area contributed by atoms with Crippen molar-refractivity contribution in [2.45, 2.75) is 38.1 Å². The molecule has 0 aliphatic heterocycles.